The van der Waals surface area contributed by atoms with Crippen LogP contribution in [0, 0.1) is 13.8 Å². The first-order valence-corrected chi connectivity index (χ1v) is 22.5. The second kappa shape index (κ2) is 14.0. The van der Waals surface area contributed by atoms with Crippen LogP contribution in [0.3, 0.4) is 0 Å². The summed E-state index contributed by atoms with van der Waals surface area (Å²) in [5.41, 5.74) is 17.4. The molecule has 2 heterocycles. The van der Waals surface area contributed by atoms with E-state index in [4.69, 9.17) is 8.83 Å². The average Bonchev–Trinajstić information content (AvgIpc) is 3.98. The molecule has 4 nitrogen and oxygen atoms in total. The normalized spacial score (nSPS) is 13.0. The summed E-state index contributed by atoms with van der Waals surface area (Å²) in [5.74, 6) is 0. The smallest absolute Gasteiger partial charge is 0.159 e. The zero-order valence-electron chi connectivity index (χ0n) is 36.7. The van der Waals surface area contributed by atoms with Gasteiger partial charge in [0.1, 0.15) is 11.2 Å². The molecule has 0 fully saturated rings. The van der Waals surface area contributed by atoms with E-state index in [9.17, 15) is 0 Å². The maximum absolute atomic E-state index is 6.63. The van der Waals surface area contributed by atoms with Gasteiger partial charge in [0.05, 0.1) is 11.4 Å². The van der Waals surface area contributed by atoms with E-state index in [0.717, 1.165) is 78.0 Å². The zero-order valence-corrected chi connectivity index (χ0v) is 36.7. The Balaban J connectivity index is 0.941. The van der Waals surface area contributed by atoms with E-state index in [0.29, 0.717) is 0 Å². The Morgan fingerprint density at radius 1 is 0.354 bits per heavy atom. The Morgan fingerprint density at radius 3 is 1.23 bits per heavy atom. The summed E-state index contributed by atoms with van der Waals surface area (Å²) in [6, 6.07) is 70.4. The summed E-state index contributed by atoms with van der Waals surface area (Å²) in [7, 11) is 0. The zero-order chi connectivity index (χ0) is 43.6. The largest absolute Gasteiger partial charge is 0.454 e. The summed E-state index contributed by atoms with van der Waals surface area (Å²) in [4.78, 5) is 4.70. The Labute approximate surface area is 377 Å². The van der Waals surface area contributed by atoms with E-state index >= 15 is 0 Å². The molecule has 10 aromatic carbocycles. The molecule has 0 saturated carbocycles. The molecular formula is C61H44N2O2. The van der Waals surface area contributed by atoms with Crippen LogP contribution in [0.15, 0.2) is 203 Å². The molecule has 65 heavy (non-hydrogen) atoms. The van der Waals surface area contributed by atoms with E-state index in [1.54, 1.807) is 0 Å². The molecule has 4 heteroatoms. The fourth-order valence-electron chi connectivity index (χ4n) is 11.0. The first-order valence-electron chi connectivity index (χ1n) is 22.5. The number of para-hydroxylation sites is 4. The predicted molar refractivity (Wildman–Crippen MR) is 272 cm³/mol. The van der Waals surface area contributed by atoms with Crippen LogP contribution >= 0.6 is 0 Å². The molecule has 0 unspecified atom stereocenters. The monoisotopic (exact) mass is 836 g/mol. The van der Waals surface area contributed by atoms with Crippen molar-refractivity contribution in [1.82, 2.24) is 0 Å². The van der Waals surface area contributed by atoms with Gasteiger partial charge in [-0.1, -0.05) is 135 Å². The summed E-state index contributed by atoms with van der Waals surface area (Å²) >= 11 is 0. The average molecular weight is 837 g/mol. The summed E-state index contributed by atoms with van der Waals surface area (Å²) in [6.07, 6.45) is 0. The van der Waals surface area contributed by atoms with Crippen molar-refractivity contribution in [1.29, 1.82) is 0 Å². The molecule has 0 atom stereocenters. The number of rotatable bonds is 6. The van der Waals surface area contributed by atoms with Gasteiger partial charge in [0.2, 0.25) is 0 Å². The molecule has 0 spiro atoms. The molecule has 0 N–H and O–H groups in total. The van der Waals surface area contributed by atoms with E-state index < -0.39 is 0 Å². The summed E-state index contributed by atoms with van der Waals surface area (Å²) in [6.45, 7) is 9.11. The molecular weight excluding hydrogens is 793 g/mol. The van der Waals surface area contributed by atoms with Crippen LogP contribution in [0.4, 0.5) is 34.1 Å². The maximum Gasteiger partial charge on any atom is 0.159 e. The molecule has 2 aromatic heterocycles. The minimum atomic E-state index is -0.265. The highest BCUT2D eigenvalue weighted by Gasteiger charge is 2.38. The van der Waals surface area contributed by atoms with Crippen LogP contribution < -0.4 is 9.80 Å². The molecule has 0 bridgehead atoms. The standard InChI is InChI=1S/C61H44N2O2/c1-37-13-9-15-41(33-37)62(53-21-11-19-51-47-17-5-7-23-55(47)64-59(51)53)43-27-31-45-39(35-43)25-29-49-50-30-26-40-36-44(28-32-46(40)58(50)61(3,4)57(45)49)63(42-16-10-14-38(2)34-42)54-22-12-20-52-48-18-6-8-24-56(48)65-60(52)54/h5-36H,1-4H3. The Bertz CT molecular complexity index is 3670. The third-order valence-corrected chi connectivity index (χ3v) is 13.8. The van der Waals surface area contributed by atoms with E-state index in [1.807, 2.05) is 12.1 Å². The van der Waals surface area contributed by atoms with Crippen molar-refractivity contribution in [3.63, 3.8) is 0 Å². The molecule has 0 radical (unpaired) electrons. The van der Waals surface area contributed by atoms with Gasteiger partial charge in [-0.25, -0.2) is 0 Å². The number of hydrogen-bond acceptors (Lipinski definition) is 4. The van der Waals surface area contributed by atoms with Crippen molar-refractivity contribution in [2.75, 3.05) is 9.80 Å². The second-order valence-electron chi connectivity index (χ2n) is 18.3. The van der Waals surface area contributed by atoms with Crippen molar-refractivity contribution in [3.05, 3.63) is 216 Å². The van der Waals surface area contributed by atoms with Gasteiger partial charge in [-0.05, 0) is 142 Å². The number of aryl methyl sites for hydroxylation is 2. The van der Waals surface area contributed by atoms with Gasteiger partial charge in [-0.2, -0.15) is 0 Å². The molecule has 310 valence electrons. The molecule has 0 aliphatic heterocycles. The third-order valence-electron chi connectivity index (χ3n) is 13.8. The lowest BCUT2D eigenvalue weighted by atomic mass is 9.78. The number of benzene rings is 10. The molecule has 13 rings (SSSR count). The number of fused-ring (bicyclic) bond motifs is 13. The van der Waals surface area contributed by atoms with Crippen molar-refractivity contribution in [2.45, 2.75) is 33.1 Å². The van der Waals surface area contributed by atoms with Gasteiger partial charge in [-0.15, -0.1) is 0 Å². The minimum absolute atomic E-state index is 0.265. The van der Waals surface area contributed by atoms with E-state index in [1.165, 1.54) is 54.9 Å². The Kier molecular flexibility index (Phi) is 8.05. The Hall–Kier alpha value is -8.08. The molecule has 1 aliphatic rings. The van der Waals surface area contributed by atoms with Crippen LogP contribution in [0.5, 0.6) is 0 Å². The fourth-order valence-corrected chi connectivity index (χ4v) is 11.0. The maximum atomic E-state index is 6.63. The predicted octanol–water partition coefficient (Wildman–Crippen LogP) is 17.7. The minimum Gasteiger partial charge on any atom is -0.454 e. The van der Waals surface area contributed by atoms with Crippen molar-refractivity contribution in [3.8, 4) is 11.1 Å². The number of hydrogen-bond donors (Lipinski definition) is 0. The van der Waals surface area contributed by atoms with Gasteiger partial charge in [-0.3, -0.25) is 0 Å². The van der Waals surface area contributed by atoms with Crippen molar-refractivity contribution in [2.24, 2.45) is 0 Å². The topological polar surface area (TPSA) is 32.8 Å². The number of nitrogens with zero attached hydrogens (tertiary/aromatic N) is 2. The van der Waals surface area contributed by atoms with Gasteiger partial charge < -0.3 is 18.6 Å². The highest BCUT2D eigenvalue weighted by molar-refractivity contribution is 6.12. The van der Waals surface area contributed by atoms with Crippen molar-refractivity contribution >= 4 is 99.5 Å². The van der Waals surface area contributed by atoms with Crippen LogP contribution in [-0.2, 0) is 5.41 Å². The van der Waals surface area contributed by atoms with E-state index in [-0.39, 0.29) is 5.41 Å². The molecule has 0 amide bonds. The van der Waals surface area contributed by atoms with Crippen LogP contribution in [0.1, 0.15) is 36.1 Å². The SMILES string of the molecule is Cc1cccc(N(c2ccc3c4c(ccc3c2)-c2ccc3cc(N(c5cccc(C)c5)c5cccc6c5oc5ccccc56)ccc3c2C4(C)C)c2cccc3c2oc2ccccc23)c1. The molecule has 1 aliphatic carbocycles. The molecule has 12 aromatic rings. The first-order chi connectivity index (χ1) is 31.8. The highest BCUT2D eigenvalue weighted by atomic mass is 16.3. The summed E-state index contributed by atoms with van der Waals surface area (Å²) < 4.78 is 13.3. The third kappa shape index (κ3) is 5.63. The van der Waals surface area contributed by atoms with Crippen LogP contribution in [0.2, 0.25) is 0 Å². The van der Waals surface area contributed by atoms with Crippen LogP contribution in [-0.4, -0.2) is 0 Å². The lowest BCUT2D eigenvalue weighted by Gasteiger charge is -2.28. The summed E-state index contributed by atoms with van der Waals surface area (Å²) in [5, 5.41) is 9.42. The van der Waals surface area contributed by atoms with Crippen LogP contribution in [0.25, 0.3) is 76.5 Å². The van der Waals surface area contributed by atoms with Gasteiger partial charge in [0.25, 0.3) is 0 Å². The molecule has 0 saturated heterocycles. The second-order valence-corrected chi connectivity index (χ2v) is 18.3. The van der Waals surface area contributed by atoms with Gasteiger partial charge in [0.15, 0.2) is 11.2 Å². The van der Waals surface area contributed by atoms with Crippen molar-refractivity contribution < 1.29 is 8.83 Å². The quantitative estimate of drug-likeness (QED) is 0.167. The number of furan rings is 2. The van der Waals surface area contributed by atoms with E-state index in [2.05, 4.69) is 219 Å². The highest BCUT2D eigenvalue weighted by Crippen LogP contribution is 2.55. The van der Waals surface area contributed by atoms with Gasteiger partial charge >= 0.3 is 0 Å². The lowest BCUT2D eigenvalue weighted by Crippen LogP contribution is -2.16. The Morgan fingerprint density at radius 2 is 0.769 bits per heavy atom. The van der Waals surface area contributed by atoms with Gasteiger partial charge in [0, 0.05) is 49.7 Å². The lowest BCUT2D eigenvalue weighted by molar-refractivity contribution is 0.668. The first kappa shape index (κ1) is 37.5. The fraction of sp³-hybridized carbons (Fsp3) is 0.0820. The number of anilines is 6.